The first kappa shape index (κ1) is 60.7. The molecule has 5 heterocycles. The van der Waals surface area contributed by atoms with E-state index in [1.807, 2.05) is 76.2 Å². The van der Waals surface area contributed by atoms with Crippen molar-refractivity contribution in [3.8, 4) is 0 Å². The average Bonchev–Trinajstić information content (AvgIpc) is 3.34. The number of nitrogens with zero attached hydrogens (tertiary/aromatic N) is 3. The number of esters is 1. The zero-order chi connectivity index (χ0) is 55.5. The molecule has 3 saturated heterocycles. The zero-order valence-corrected chi connectivity index (χ0v) is 46.9. The lowest BCUT2D eigenvalue weighted by atomic mass is 9.77. The SMILES string of the molecule is CC[C@H]1OC(=O)[C@H](C)[C@@H](OC2C[C@@](C)(OC)[C@@H](OCCOC=CCc3cc4c5c(c3)c(=O)c(C(=O)O)cn5CCC4)[C@H](C)O2)[C@H](C)[C@@H](O[C@@H]2O[C@H](C)C[C@H](N(C)C)[C@H]2O)[C@](C)(O)C[C@@H](C)CN(C)[C@H](C)[C@H](O)[C@]1(C)O. The van der Waals surface area contributed by atoms with Gasteiger partial charge in [0.2, 0.25) is 5.43 Å². The molecule has 0 amide bonds. The Labute approximate surface area is 443 Å². The van der Waals surface area contributed by atoms with Gasteiger partial charge >= 0.3 is 11.9 Å². The van der Waals surface area contributed by atoms with Crippen molar-refractivity contribution in [1.82, 2.24) is 14.4 Å². The molecular formula is C56H89N3O16. The minimum absolute atomic E-state index is 0.158. The molecule has 3 fully saturated rings. The Bertz CT molecular complexity index is 2340. The van der Waals surface area contributed by atoms with Crippen LogP contribution >= 0.6 is 0 Å². The average molecular weight is 1060 g/mol. The monoisotopic (exact) mass is 1060 g/mol. The van der Waals surface area contributed by atoms with E-state index in [9.17, 15) is 39.9 Å². The quantitative estimate of drug-likeness (QED) is 0.0927. The van der Waals surface area contributed by atoms with E-state index in [1.165, 1.54) is 13.1 Å². The fourth-order valence-corrected chi connectivity index (χ4v) is 12.4. The van der Waals surface area contributed by atoms with E-state index in [0.717, 1.165) is 29.5 Å². The van der Waals surface area contributed by atoms with Gasteiger partial charge in [0.25, 0.3) is 0 Å². The van der Waals surface area contributed by atoms with Crippen molar-refractivity contribution >= 4 is 22.8 Å². The Morgan fingerprint density at radius 1 is 0.973 bits per heavy atom. The maximum atomic E-state index is 14.6. The third kappa shape index (κ3) is 13.7. The van der Waals surface area contributed by atoms with Gasteiger partial charge in [0.05, 0.1) is 59.9 Å². The smallest absolute Gasteiger partial charge is 0.341 e. The summed E-state index contributed by atoms with van der Waals surface area (Å²) in [5, 5.41) is 58.2. The van der Waals surface area contributed by atoms with Crippen LogP contribution in [0.3, 0.4) is 0 Å². The number of pyridine rings is 1. The fourth-order valence-electron chi connectivity index (χ4n) is 12.4. The van der Waals surface area contributed by atoms with Crippen LogP contribution in [-0.4, -0.2) is 190 Å². The van der Waals surface area contributed by atoms with Crippen LogP contribution in [0.4, 0.5) is 0 Å². The standard InChI is InChI=1S/C56H89N3O16/c1-15-42-56(10,67)48(62)35(6)58(13)29-31(2)27-54(8,66)49(75-53-46(61)41(57(11)12)24-32(3)71-53)33(4)47(34(5)52(65)73-42)74-43-28-55(9,68-14)50(36(7)72-43)70-23-22-69-21-17-18-37-25-38-19-16-20-59-30-40(51(63)64)45(60)39(26-37)44(38)59/h17,21,25-26,30-36,41-43,46-50,53,61-62,66-67H,15-16,18-20,22-24,27-29H2,1-14H3,(H,63,64)/t31-,32-,33+,34-,35-,36+,41+,42-,43?,46-,47+,48+,49-,50+,53+,54-,55-,56-/m1/s1. The summed E-state index contributed by atoms with van der Waals surface area (Å²) in [5.74, 6) is -3.98. The van der Waals surface area contributed by atoms with Crippen molar-refractivity contribution in [3.05, 3.63) is 57.6 Å². The number of carboxylic acid groups (broad SMARTS) is 1. The number of carboxylic acids is 1. The van der Waals surface area contributed by atoms with E-state index in [2.05, 4.69) is 6.07 Å². The molecule has 0 saturated carbocycles. The lowest BCUT2D eigenvalue weighted by Crippen LogP contribution is -2.61. The van der Waals surface area contributed by atoms with Gasteiger partial charge in [0.1, 0.15) is 42.2 Å². The van der Waals surface area contributed by atoms with E-state index in [-0.39, 0.29) is 56.1 Å². The number of carbonyl (C=O) groups excluding carboxylic acids is 1. The number of aromatic nitrogens is 1. The van der Waals surface area contributed by atoms with E-state index >= 15 is 0 Å². The van der Waals surface area contributed by atoms with Gasteiger partial charge in [-0.15, -0.1) is 0 Å². The number of ether oxygens (including phenoxy) is 8. The Balaban J connectivity index is 1.21. The number of methoxy groups -OCH3 is 1. The number of aliphatic hydroxyl groups is 4. The normalized spacial score (nSPS) is 38.8. The Hall–Kier alpha value is -3.57. The topological polar surface area (TPSA) is 238 Å². The molecule has 0 aliphatic carbocycles. The minimum atomic E-state index is -1.84. The number of likely N-dealkylation sites (N-methyl/N-ethyl adjacent to an activating group) is 2. The van der Waals surface area contributed by atoms with Gasteiger partial charge < -0.3 is 77.8 Å². The van der Waals surface area contributed by atoms with E-state index in [1.54, 1.807) is 47.1 Å². The molecule has 1 aromatic heterocycles. The molecule has 18 atom stereocenters. The van der Waals surface area contributed by atoms with Crippen molar-refractivity contribution in [1.29, 1.82) is 0 Å². The lowest BCUT2D eigenvalue weighted by molar-refractivity contribution is -0.321. The van der Waals surface area contributed by atoms with Gasteiger partial charge in [-0.1, -0.05) is 26.8 Å². The van der Waals surface area contributed by atoms with Gasteiger partial charge in [0, 0.05) is 56.2 Å². The third-order valence-electron chi connectivity index (χ3n) is 16.6. The summed E-state index contributed by atoms with van der Waals surface area (Å²) in [6.07, 6.45) is -1.19. The highest BCUT2D eigenvalue weighted by molar-refractivity contribution is 5.94. The maximum Gasteiger partial charge on any atom is 0.341 e. The molecule has 4 aliphatic rings. The van der Waals surface area contributed by atoms with Crippen molar-refractivity contribution in [2.24, 2.45) is 17.8 Å². The molecule has 6 rings (SSSR count). The van der Waals surface area contributed by atoms with Gasteiger partial charge in [0.15, 0.2) is 12.6 Å². The number of cyclic esters (lactones) is 1. The fraction of sp³-hybridized carbons (Fsp3) is 0.768. The van der Waals surface area contributed by atoms with Crippen LogP contribution < -0.4 is 5.43 Å². The molecule has 0 radical (unpaired) electrons. The van der Waals surface area contributed by atoms with Crippen LogP contribution in [0.5, 0.6) is 0 Å². The van der Waals surface area contributed by atoms with E-state index < -0.39 is 107 Å². The molecular weight excluding hydrogens is 971 g/mol. The zero-order valence-electron chi connectivity index (χ0n) is 46.9. The van der Waals surface area contributed by atoms with E-state index in [0.29, 0.717) is 31.3 Å². The predicted molar refractivity (Wildman–Crippen MR) is 280 cm³/mol. The number of hydrogen-bond donors (Lipinski definition) is 5. The molecule has 5 N–H and O–H groups in total. The molecule has 19 nitrogen and oxygen atoms in total. The summed E-state index contributed by atoms with van der Waals surface area (Å²) < 4.78 is 53.1. The van der Waals surface area contributed by atoms with Crippen molar-refractivity contribution < 1.29 is 73.0 Å². The first-order valence-corrected chi connectivity index (χ1v) is 27.0. The number of allylic oxidation sites excluding steroid dienone is 1. The van der Waals surface area contributed by atoms with Crippen LogP contribution in [0.25, 0.3) is 10.9 Å². The van der Waals surface area contributed by atoms with Crippen LogP contribution in [0.15, 0.2) is 35.5 Å². The second-order valence-corrected chi connectivity index (χ2v) is 23.1. The Morgan fingerprint density at radius 2 is 1.68 bits per heavy atom. The van der Waals surface area contributed by atoms with Crippen molar-refractivity contribution in [3.63, 3.8) is 0 Å². The summed E-state index contributed by atoms with van der Waals surface area (Å²) in [6, 6.07) is 2.95. The highest BCUT2D eigenvalue weighted by Crippen LogP contribution is 2.41. The third-order valence-corrected chi connectivity index (χ3v) is 16.6. The first-order chi connectivity index (χ1) is 35.1. The van der Waals surface area contributed by atoms with Crippen LogP contribution in [0.1, 0.15) is 123 Å². The summed E-state index contributed by atoms with van der Waals surface area (Å²) in [7, 11) is 7.19. The van der Waals surface area contributed by atoms with Crippen molar-refractivity contribution in [2.45, 2.75) is 211 Å². The summed E-state index contributed by atoms with van der Waals surface area (Å²) >= 11 is 0. The molecule has 75 heavy (non-hydrogen) atoms. The Morgan fingerprint density at radius 3 is 2.33 bits per heavy atom. The van der Waals surface area contributed by atoms with Gasteiger partial charge in [-0.05, 0) is 137 Å². The number of carbonyl (C=O) groups is 2. The first-order valence-electron chi connectivity index (χ1n) is 27.0. The Kier molecular flexibility index (Phi) is 20.3. The predicted octanol–water partition coefficient (Wildman–Crippen LogP) is 4.66. The lowest BCUT2D eigenvalue weighted by Gasteiger charge is -2.49. The molecule has 0 bridgehead atoms. The van der Waals surface area contributed by atoms with Gasteiger partial charge in [-0.2, -0.15) is 0 Å². The number of rotatable bonds is 15. The minimum Gasteiger partial charge on any atom is -0.499 e. The molecule has 2 aromatic rings. The second-order valence-electron chi connectivity index (χ2n) is 23.1. The van der Waals surface area contributed by atoms with E-state index in [4.69, 9.17) is 37.9 Å². The number of benzene rings is 1. The summed E-state index contributed by atoms with van der Waals surface area (Å²) in [4.78, 5) is 43.4. The summed E-state index contributed by atoms with van der Waals surface area (Å²) in [6.45, 7) is 19.3. The van der Waals surface area contributed by atoms with Crippen molar-refractivity contribution in [2.75, 3.05) is 48.0 Å². The molecule has 4 aliphatic heterocycles. The summed E-state index contributed by atoms with van der Waals surface area (Å²) in [5.41, 5.74) is -2.47. The van der Waals surface area contributed by atoms with Crippen LogP contribution in [-0.2, 0) is 62.1 Å². The number of aliphatic hydroxyl groups excluding tert-OH is 2. The largest absolute Gasteiger partial charge is 0.499 e. The second kappa shape index (κ2) is 25.0. The molecule has 424 valence electrons. The maximum absolute atomic E-state index is 14.6. The number of hydrogen-bond acceptors (Lipinski definition) is 17. The molecule has 0 spiro atoms. The number of aromatic carboxylic acids is 1. The molecule has 1 aromatic carbocycles. The molecule has 1 unspecified atom stereocenters. The van der Waals surface area contributed by atoms with Gasteiger partial charge in [-0.3, -0.25) is 9.59 Å². The van der Waals surface area contributed by atoms with Crippen LogP contribution in [0, 0.1) is 17.8 Å². The van der Waals surface area contributed by atoms with Gasteiger partial charge in [-0.25, -0.2) is 4.79 Å². The highest BCUT2D eigenvalue weighted by atomic mass is 16.7. The van der Waals surface area contributed by atoms with Crippen LogP contribution in [0.2, 0.25) is 0 Å². The number of aryl methyl sites for hydroxylation is 2. The highest BCUT2D eigenvalue weighted by Gasteiger charge is 2.53. The molecule has 19 heteroatoms.